The number of aryl methyl sites for hydroxylation is 2. The van der Waals surface area contributed by atoms with Crippen LogP contribution in [0.4, 0.5) is 5.69 Å². The van der Waals surface area contributed by atoms with Gasteiger partial charge in [-0.15, -0.1) is 0 Å². The molecule has 2 aromatic carbocycles. The van der Waals surface area contributed by atoms with E-state index in [1.165, 1.54) is 4.90 Å². The molecule has 0 aromatic heterocycles. The average Bonchev–Trinajstić information content (AvgIpc) is 2.72. The van der Waals surface area contributed by atoms with Crippen molar-refractivity contribution in [2.45, 2.75) is 46.7 Å². The predicted molar refractivity (Wildman–Crippen MR) is 128 cm³/mol. The third kappa shape index (κ3) is 6.32. The first-order valence-electron chi connectivity index (χ1n) is 10.7. The summed E-state index contributed by atoms with van der Waals surface area (Å²) in [7, 11) is -3.74. The second-order valence-electron chi connectivity index (χ2n) is 7.84. The highest BCUT2D eigenvalue weighted by Gasteiger charge is 2.32. The van der Waals surface area contributed by atoms with Gasteiger partial charge in [-0.2, -0.15) is 0 Å². The summed E-state index contributed by atoms with van der Waals surface area (Å²) in [6, 6.07) is 14.1. The van der Waals surface area contributed by atoms with E-state index in [9.17, 15) is 18.0 Å². The topological polar surface area (TPSA) is 86.8 Å². The highest BCUT2D eigenvalue weighted by Crippen LogP contribution is 2.27. The zero-order valence-electron chi connectivity index (χ0n) is 19.5. The summed E-state index contributed by atoms with van der Waals surface area (Å²) in [5.41, 5.74) is 2.87. The maximum atomic E-state index is 13.5. The predicted octanol–water partition coefficient (Wildman–Crippen LogP) is 3.01. The Bertz CT molecular complexity index is 1020. The van der Waals surface area contributed by atoms with Gasteiger partial charge in [0.1, 0.15) is 12.6 Å². The van der Waals surface area contributed by atoms with Crippen LogP contribution in [0.5, 0.6) is 0 Å². The van der Waals surface area contributed by atoms with Crippen molar-refractivity contribution in [2.75, 3.05) is 23.7 Å². The highest BCUT2D eigenvalue weighted by molar-refractivity contribution is 7.92. The van der Waals surface area contributed by atoms with Crippen molar-refractivity contribution in [3.05, 3.63) is 65.2 Å². The molecular weight excluding hydrogens is 426 g/mol. The molecular formula is C24H33N3O4S. The fourth-order valence-corrected chi connectivity index (χ4v) is 4.73. The number of sulfonamides is 1. The van der Waals surface area contributed by atoms with Gasteiger partial charge in [-0.25, -0.2) is 8.42 Å². The first kappa shape index (κ1) is 25.4. The van der Waals surface area contributed by atoms with Crippen LogP contribution < -0.4 is 9.62 Å². The van der Waals surface area contributed by atoms with E-state index >= 15 is 0 Å². The van der Waals surface area contributed by atoms with Crippen LogP contribution in [0.2, 0.25) is 0 Å². The minimum absolute atomic E-state index is 0.208. The van der Waals surface area contributed by atoms with Crippen molar-refractivity contribution >= 4 is 27.5 Å². The number of carbonyl (C=O) groups excluding carboxylic acids is 2. The second-order valence-corrected chi connectivity index (χ2v) is 9.74. The highest BCUT2D eigenvalue weighted by atomic mass is 32.2. The Morgan fingerprint density at radius 3 is 2.06 bits per heavy atom. The number of hydrogen-bond donors (Lipinski definition) is 1. The maximum absolute atomic E-state index is 13.5. The van der Waals surface area contributed by atoms with Crippen molar-refractivity contribution in [1.29, 1.82) is 0 Å². The number of benzene rings is 2. The first-order chi connectivity index (χ1) is 15.1. The standard InChI is InChI=1S/C24H33N3O4S/c1-6-21(24(29)25-7-2)26(16-20-14-9-8-10-15-20)22(28)17-27(32(5,30)31)23-18(3)12-11-13-19(23)4/h8-15,21H,6-7,16-17H2,1-5H3,(H,25,29)/t21-/m0/s1. The maximum Gasteiger partial charge on any atom is 0.244 e. The molecule has 0 aliphatic rings. The molecule has 0 heterocycles. The monoisotopic (exact) mass is 459 g/mol. The second kappa shape index (κ2) is 11.1. The molecule has 32 heavy (non-hydrogen) atoms. The molecule has 0 fully saturated rings. The Morgan fingerprint density at radius 1 is 0.969 bits per heavy atom. The van der Waals surface area contributed by atoms with Crippen molar-refractivity contribution in [1.82, 2.24) is 10.2 Å². The molecule has 1 N–H and O–H groups in total. The first-order valence-corrected chi connectivity index (χ1v) is 12.6. The van der Waals surface area contributed by atoms with Crippen LogP contribution in [-0.4, -0.2) is 50.5 Å². The molecule has 0 radical (unpaired) electrons. The lowest BCUT2D eigenvalue weighted by Crippen LogP contribution is -2.52. The van der Waals surface area contributed by atoms with Gasteiger partial charge < -0.3 is 10.2 Å². The van der Waals surface area contributed by atoms with Crippen molar-refractivity contribution in [3.8, 4) is 0 Å². The molecule has 0 aliphatic heterocycles. The van der Waals surface area contributed by atoms with Gasteiger partial charge in [0.25, 0.3) is 0 Å². The molecule has 0 unspecified atom stereocenters. The molecule has 0 bridgehead atoms. The van der Waals surface area contributed by atoms with Crippen molar-refractivity contribution in [3.63, 3.8) is 0 Å². The number of likely N-dealkylation sites (N-methyl/N-ethyl adjacent to an activating group) is 1. The summed E-state index contributed by atoms with van der Waals surface area (Å²) in [6.07, 6.45) is 1.50. The molecule has 2 amide bonds. The van der Waals surface area contributed by atoms with Gasteiger partial charge in [0.2, 0.25) is 21.8 Å². The van der Waals surface area contributed by atoms with E-state index in [0.29, 0.717) is 18.7 Å². The minimum atomic E-state index is -3.74. The van der Waals surface area contributed by atoms with Crippen molar-refractivity contribution in [2.24, 2.45) is 0 Å². The van der Waals surface area contributed by atoms with Gasteiger partial charge in [-0.05, 0) is 43.9 Å². The SMILES string of the molecule is CCNC(=O)[C@H](CC)N(Cc1ccccc1)C(=O)CN(c1c(C)cccc1C)S(C)(=O)=O. The van der Waals surface area contributed by atoms with Crippen LogP contribution >= 0.6 is 0 Å². The molecule has 7 nitrogen and oxygen atoms in total. The van der Waals surface area contributed by atoms with Crippen LogP contribution in [0.25, 0.3) is 0 Å². The van der Waals surface area contributed by atoms with E-state index in [0.717, 1.165) is 27.3 Å². The van der Waals surface area contributed by atoms with Gasteiger partial charge in [0.15, 0.2) is 0 Å². The molecule has 0 saturated heterocycles. The van der Waals surface area contributed by atoms with Crippen LogP contribution in [0.15, 0.2) is 48.5 Å². The van der Waals surface area contributed by atoms with E-state index < -0.39 is 22.0 Å². The normalized spacial score (nSPS) is 12.2. The van der Waals surface area contributed by atoms with E-state index in [4.69, 9.17) is 0 Å². The largest absolute Gasteiger partial charge is 0.355 e. The zero-order chi connectivity index (χ0) is 23.9. The quantitative estimate of drug-likeness (QED) is 0.592. The Morgan fingerprint density at radius 2 is 1.56 bits per heavy atom. The number of nitrogens with zero attached hydrogens (tertiary/aromatic N) is 2. The molecule has 0 spiro atoms. The smallest absolute Gasteiger partial charge is 0.244 e. The van der Waals surface area contributed by atoms with E-state index in [-0.39, 0.29) is 19.0 Å². The summed E-state index contributed by atoms with van der Waals surface area (Å²) < 4.78 is 26.6. The number of para-hydroxylation sites is 1. The zero-order valence-corrected chi connectivity index (χ0v) is 20.3. The third-order valence-electron chi connectivity index (χ3n) is 5.30. The average molecular weight is 460 g/mol. The van der Waals surface area contributed by atoms with E-state index in [2.05, 4.69) is 5.32 Å². The molecule has 0 saturated carbocycles. The fourth-order valence-electron chi connectivity index (χ4n) is 3.77. The van der Waals surface area contributed by atoms with Crippen LogP contribution in [0, 0.1) is 13.8 Å². The summed E-state index contributed by atoms with van der Waals surface area (Å²) in [4.78, 5) is 27.8. The number of anilines is 1. The van der Waals surface area contributed by atoms with Gasteiger partial charge in [0.05, 0.1) is 11.9 Å². The number of amides is 2. The number of carbonyl (C=O) groups is 2. The molecule has 2 rings (SSSR count). The lowest BCUT2D eigenvalue weighted by molar-refractivity contribution is -0.140. The Kier molecular flexibility index (Phi) is 8.83. The lowest BCUT2D eigenvalue weighted by atomic mass is 10.1. The van der Waals surface area contributed by atoms with Crippen molar-refractivity contribution < 1.29 is 18.0 Å². The Balaban J connectivity index is 2.47. The summed E-state index contributed by atoms with van der Waals surface area (Å²) in [5.74, 6) is -0.683. The van der Waals surface area contributed by atoms with Crippen LogP contribution in [-0.2, 0) is 26.2 Å². The summed E-state index contributed by atoms with van der Waals surface area (Å²) in [5, 5.41) is 2.79. The van der Waals surface area contributed by atoms with E-state index in [1.807, 2.05) is 76.2 Å². The lowest BCUT2D eigenvalue weighted by Gasteiger charge is -2.33. The third-order valence-corrected chi connectivity index (χ3v) is 6.41. The molecule has 8 heteroatoms. The van der Waals surface area contributed by atoms with Crippen LogP contribution in [0.3, 0.4) is 0 Å². The molecule has 174 valence electrons. The van der Waals surface area contributed by atoms with Gasteiger partial charge >= 0.3 is 0 Å². The molecule has 1 atom stereocenters. The number of hydrogen-bond acceptors (Lipinski definition) is 4. The fraction of sp³-hybridized carbons (Fsp3) is 0.417. The summed E-state index contributed by atoms with van der Waals surface area (Å²) in [6.45, 7) is 7.56. The Labute approximate surface area is 191 Å². The summed E-state index contributed by atoms with van der Waals surface area (Å²) >= 11 is 0. The van der Waals surface area contributed by atoms with Crippen LogP contribution in [0.1, 0.15) is 37.0 Å². The molecule has 0 aliphatic carbocycles. The van der Waals surface area contributed by atoms with Gasteiger partial charge in [-0.1, -0.05) is 55.5 Å². The van der Waals surface area contributed by atoms with E-state index in [1.54, 1.807) is 0 Å². The molecule has 2 aromatic rings. The van der Waals surface area contributed by atoms with Gasteiger partial charge in [-0.3, -0.25) is 13.9 Å². The number of rotatable bonds is 10. The minimum Gasteiger partial charge on any atom is -0.355 e. The van der Waals surface area contributed by atoms with Gasteiger partial charge in [0, 0.05) is 13.1 Å². The number of nitrogens with one attached hydrogen (secondary N) is 1. The Hall–Kier alpha value is -2.87.